The Labute approximate surface area is 118 Å². The summed E-state index contributed by atoms with van der Waals surface area (Å²) in [5, 5.41) is 0. The highest BCUT2D eigenvalue weighted by atomic mass is 32.1. The minimum absolute atomic E-state index is 0.109. The van der Waals surface area contributed by atoms with Gasteiger partial charge in [-0.25, -0.2) is 0 Å². The van der Waals surface area contributed by atoms with E-state index in [0.717, 1.165) is 38.5 Å². The summed E-state index contributed by atoms with van der Waals surface area (Å²) in [4.78, 5) is 10.7. The van der Waals surface area contributed by atoms with Gasteiger partial charge in [-0.05, 0) is 12.8 Å². The van der Waals surface area contributed by atoms with Crippen LogP contribution in [0.3, 0.4) is 0 Å². The van der Waals surface area contributed by atoms with E-state index < -0.39 is 12.6 Å². The zero-order chi connectivity index (χ0) is 14.6. The van der Waals surface area contributed by atoms with Crippen molar-refractivity contribution in [1.29, 1.82) is 0 Å². The fourth-order valence-electron chi connectivity index (χ4n) is 1.72. The van der Waals surface area contributed by atoms with Crippen LogP contribution in [0.4, 0.5) is 13.2 Å². The summed E-state index contributed by atoms with van der Waals surface area (Å²) in [6, 6.07) is 0. The van der Waals surface area contributed by atoms with Gasteiger partial charge in [0.2, 0.25) is 0 Å². The molecular weight excluding hydrogens is 277 g/mol. The second-order valence-electron chi connectivity index (χ2n) is 4.57. The Morgan fingerprint density at radius 3 is 1.84 bits per heavy atom. The molecule has 0 radical (unpaired) electrons. The third-order valence-corrected chi connectivity index (χ3v) is 3.00. The lowest BCUT2D eigenvalue weighted by molar-refractivity contribution is -0.140. The SMILES string of the molecule is O=C(CS)OCCCCCCCCCCC(F)(F)F. The molecule has 0 rings (SSSR count). The van der Waals surface area contributed by atoms with Gasteiger partial charge >= 0.3 is 12.1 Å². The first-order valence-electron chi connectivity index (χ1n) is 6.79. The minimum atomic E-state index is -4.01. The van der Waals surface area contributed by atoms with Gasteiger partial charge in [-0.15, -0.1) is 0 Å². The number of esters is 1. The van der Waals surface area contributed by atoms with Crippen LogP contribution in [0, 0.1) is 0 Å². The molecule has 0 heterocycles. The molecule has 0 aromatic carbocycles. The maximum atomic E-state index is 11.8. The highest BCUT2D eigenvalue weighted by Gasteiger charge is 2.25. The van der Waals surface area contributed by atoms with Crippen LogP contribution in [0.5, 0.6) is 0 Å². The molecule has 0 aliphatic rings. The molecule has 2 nitrogen and oxygen atoms in total. The molecular formula is C13H23F3O2S. The smallest absolute Gasteiger partial charge is 0.389 e. The molecule has 0 aromatic rings. The number of thiol groups is 1. The summed E-state index contributed by atoms with van der Waals surface area (Å²) in [5.74, 6) is -0.189. The Morgan fingerprint density at radius 2 is 1.37 bits per heavy atom. The lowest BCUT2D eigenvalue weighted by Gasteiger charge is -2.05. The molecule has 0 N–H and O–H groups in total. The molecule has 0 saturated carbocycles. The van der Waals surface area contributed by atoms with Crippen LogP contribution >= 0.6 is 12.6 Å². The van der Waals surface area contributed by atoms with E-state index in [9.17, 15) is 18.0 Å². The first-order chi connectivity index (χ1) is 8.95. The number of ether oxygens (including phenoxy) is 1. The van der Waals surface area contributed by atoms with Crippen molar-refractivity contribution in [2.75, 3.05) is 12.4 Å². The highest BCUT2D eigenvalue weighted by molar-refractivity contribution is 7.81. The average molecular weight is 300 g/mol. The molecule has 114 valence electrons. The zero-order valence-corrected chi connectivity index (χ0v) is 12.1. The minimum Gasteiger partial charge on any atom is -0.465 e. The lowest BCUT2D eigenvalue weighted by atomic mass is 10.1. The first kappa shape index (κ1) is 18.6. The fourth-order valence-corrected chi connectivity index (χ4v) is 1.81. The average Bonchev–Trinajstić information content (AvgIpc) is 2.34. The molecule has 0 spiro atoms. The van der Waals surface area contributed by atoms with Crippen molar-refractivity contribution in [3.8, 4) is 0 Å². The third-order valence-electron chi connectivity index (χ3n) is 2.75. The van der Waals surface area contributed by atoms with Crippen molar-refractivity contribution < 1.29 is 22.7 Å². The van der Waals surface area contributed by atoms with Gasteiger partial charge in [-0.3, -0.25) is 4.79 Å². The van der Waals surface area contributed by atoms with E-state index in [1.807, 2.05) is 0 Å². The van der Waals surface area contributed by atoms with Crippen LogP contribution in [0.2, 0.25) is 0 Å². The predicted molar refractivity (Wildman–Crippen MR) is 72.4 cm³/mol. The summed E-state index contributed by atoms with van der Waals surface area (Å²) in [6.45, 7) is 0.435. The van der Waals surface area contributed by atoms with Gasteiger partial charge in [-0.1, -0.05) is 38.5 Å². The molecule has 0 atom stereocenters. The van der Waals surface area contributed by atoms with Crippen molar-refractivity contribution >= 4 is 18.6 Å². The Balaban J connectivity index is 3.09. The molecule has 0 fully saturated rings. The summed E-state index contributed by atoms with van der Waals surface area (Å²) in [5.41, 5.74) is 0. The Bertz CT molecular complexity index is 232. The number of hydrogen-bond donors (Lipinski definition) is 1. The summed E-state index contributed by atoms with van der Waals surface area (Å²) >= 11 is 3.79. The molecule has 0 saturated heterocycles. The van der Waals surface area contributed by atoms with E-state index in [1.54, 1.807) is 0 Å². The van der Waals surface area contributed by atoms with Gasteiger partial charge < -0.3 is 4.74 Å². The van der Waals surface area contributed by atoms with E-state index >= 15 is 0 Å². The normalized spacial score (nSPS) is 11.6. The number of carbonyl (C=O) groups excluding carboxylic acids is 1. The van der Waals surface area contributed by atoms with E-state index in [0.29, 0.717) is 13.0 Å². The van der Waals surface area contributed by atoms with Crippen LogP contribution in [0.25, 0.3) is 0 Å². The van der Waals surface area contributed by atoms with Crippen LogP contribution in [-0.4, -0.2) is 24.5 Å². The molecule has 0 amide bonds. The number of alkyl halides is 3. The number of halogens is 3. The number of rotatable bonds is 11. The van der Waals surface area contributed by atoms with Gasteiger partial charge in [-0.2, -0.15) is 25.8 Å². The van der Waals surface area contributed by atoms with E-state index in [1.165, 1.54) is 0 Å². The molecule has 19 heavy (non-hydrogen) atoms. The van der Waals surface area contributed by atoms with Crippen molar-refractivity contribution in [2.45, 2.75) is 64.0 Å². The molecule has 0 aromatic heterocycles. The standard InChI is InChI=1S/C13H23F3O2S/c14-13(15,16)9-7-5-3-1-2-4-6-8-10-18-12(17)11-19/h19H,1-11H2. The third kappa shape index (κ3) is 15.6. The summed E-state index contributed by atoms with van der Waals surface area (Å²) in [7, 11) is 0. The fraction of sp³-hybridized carbons (Fsp3) is 0.923. The van der Waals surface area contributed by atoms with Gasteiger partial charge in [0.25, 0.3) is 0 Å². The Kier molecular flexibility index (Phi) is 11.2. The quantitative estimate of drug-likeness (QED) is 0.344. The van der Waals surface area contributed by atoms with Gasteiger partial charge in [0.05, 0.1) is 12.4 Å². The molecule has 0 unspecified atom stereocenters. The predicted octanol–water partition coefficient (Wildman–Crippen LogP) is 4.53. The largest absolute Gasteiger partial charge is 0.465 e. The number of carbonyl (C=O) groups is 1. The lowest BCUT2D eigenvalue weighted by Crippen LogP contribution is -2.06. The maximum Gasteiger partial charge on any atom is 0.389 e. The van der Waals surface area contributed by atoms with Crippen molar-refractivity contribution in [3.05, 3.63) is 0 Å². The second-order valence-corrected chi connectivity index (χ2v) is 4.89. The second kappa shape index (κ2) is 11.4. The Morgan fingerprint density at radius 1 is 0.895 bits per heavy atom. The van der Waals surface area contributed by atoms with E-state index in [4.69, 9.17) is 4.74 Å². The first-order valence-corrected chi connectivity index (χ1v) is 7.42. The van der Waals surface area contributed by atoms with Crippen LogP contribution in [-0.2, 0) is 9.53 Å². The monoisotopic (exact) mass is 300 g/mol. The van der Waals surface area contributed by atoms with E-state index in [2.05, 4.69) is 12.6 Å². The van der Waals surface area contributed by atoms with Crippen LogP contribution < -0.4 is 0 Å². The van der Waals surface area contributed by atoms with Crippen molar-refractivity contribution in [3.63, 3.8) is 0 Å². The molecule has 0 bridgehead atoms. The van der Waals surface area contributed by atoms with Crippen LogP contribution in [0.15, 0.2) is 0 Å². The van der Waals surface area contributed by atoms with Gasteiger partial charge in [0.1, 0.15) is 0 Å². The highest BCUT2D eigenvalue weighted by Crippen LogP contribution is 2.23. The Hall–Kier alpha value is -0.390. The molecule has 0 aliphatic heterocycles. The molecule has 0 aliphatic carbocycles. The van der Waals surface area contributed by atoms with Crippen molar-refractivity contribution in [1.82, 2.24) is 0 Å². The van der Waals surface area contributed by atoms with Crippen LogP contribution in [0.1, 0.15) is 57.8 Å². The van der Waals surface area contributed by atoms with E-state index in [-0.39, 0.29) is 18.1 Å². The topological polar surface area (TPSA) is 26.3 Å². The summed E-state index contributed by atoms with van der Waals surface area (Å²) in [6.07, 6.45) is 1.97. The van der Waals surface area contributed by atoms with Crippen molar-refractivity contribution in [2.24, 2.45) is 0 Å². The summed E-state index contributed by atoms with van der Waals surface area (Å²) < 4.78 is 40.4. The van der Waals surface area contributed by atoms with Gasteiger partial charge in [0, 0.05) is 6.42 Å². The maximum absolute atomic E-state index is 11.8. The zero-order valence-electron chi connectivity index (χ0n) is 11.2. The number of unbranched alkanes of at least 4 members (excludes halogenated alkanes) is 7. The molecule has 6 heteroatoms. The van der Waals surface area contributed by atoms with Gasteiger partial charge in [0.15, 0.2) is 0 Å². The number of hydrogen-bond acceptors (Lipinski definition) is 3.